The summed E-state index contributed by atoms with van der Waals surface area (Å²) in [5, 5.41) is 17.9. The Morgan fingerprint density at radius 1 is 1.32 bits per heavy atom. The summed E-state index contributed by atoms with van der Waals surface area (Å²) in [6.07, 6.45) is 1.11. The van der Waals surface area contributed by atoms with Gasteiger partial charge in [-0.1, -0.05) is 23.2 Å². The Hall–Kier alpha value is -1.59. The molecular formula is C10H6Cl2N4O2S. The molecule has 0 spiro atoms. The molecule has 1 aromatic carbocycles. The molecule has 0 saturated heterocycles. The van der Waals surface area contributed by atoms with Gasteiger partial charge in [-0.05, 0) is 18.2 Å². The highest BCUT2D eigenvalue weighted by atomic mass is 35.5. The molecule has 0 saturated carbocycles. The van der Waals surface area contributed by atoms with Crippen LogP contribution in [0.25, 0.3) is 5.69 Å². The van der Waals surface area contributed by atoms with Gasteiger partial charge in [0.25, 0.3) is 10.0 Å². The first-order valence-electron chi connectivity index (χ1n) is 4.81. The van der Waals surface area contributed by atoms with Crippen LogP contribution in [0.1, 0.15) is 5.56 Å². The topological polar surface area (TPSA) is 102 Å². The van der Waals surface area contributed by atoms with E-state index in [1.54, 1.807) is 6.07 Å². The van der Waals surface area contributed by atoms with Gasteiger partial charge in [-0.3, -0.25) is 0 Å². The smallest absolute Gasteiger partial charge is 0.223 e. The first-order valence-corrected chi connectivity index (χ1v) is 7.11. The fraction of sp³-hybridized carbons (Fsp3) is 0. The number of hydrogen-bond acceptors (Lipinski definition) is 4. The summed E-state index contributed by atoms with van der Waals surface area (Å²) in [4.78, 5) is 0. The van der Waals surface area contributed by atoms with E-state index in [1.807, 2.05) is 0 Å². The van der Waals surface area contributed by atoms with E-state index < -0.39 is 15.0 Å². The molecule has 0 atom stereocenters. The summed E-state index contributed by atoms with van der Waals surface area (Å²) in [7, 11) is -4.10. The molecule has 0 fully saturated rings. The summed E-state index contributed by atoms with van der Waals surface area (Å²) in [6.45, 7) is 0. The lowest BCUT2D eigenvalue weighted by molar-refractivity contribution is 0.587. The van der Waals surface area contributed by atoms with Crippen molar-refractivity contribution in [1.29, 1.82) is 5.26 Å². The zero-order chi connectivity index (χ0) is 14.2. The van der Waals surface area contributed by atoms with Gasteiger partial charge < -0.3 is 0 Å². The summed E-state index contributed by atoms with van der Waals surface area (Å²) < 4.78 is 24.1. The van der Waals surface area contributed by atoms with Crippen LogP contribution in [0.5, 0.6) is 0 Å². The van der Waals surface area contributed by atoms with Gasteiger partial charge in [0.1, 0.15) is 11.6 Å². The van der Waals surface area contributed by atoms with Crippen molar-refractivity contribution in [1.82, 2.24) is 9.78 Å². The fourth-order valence-electron chi connectivity index (χ4n) is 1.49. The monoisotopic (exact) mass is 316 g/mol. The highest BCUT2D eigenvalue weighted by molar-refractivity contribution is 7.89. The van der Waals surface area contributed by atoms with Gasteiger partial charge in [0.2, 0.25) is 0 Å². The van der Waals surface area contributed by atoms with Crippen LogP contribution < -0.4 is 5.14 Å². The first kappa shape index (κ1) is 13.8. The summed E-state index contributed by atoms with van der Waals surface area (Å²) >= 11 is 11.6. The fourth-order valence-corrected chi connectivity index (χ4v) is 2.58. The third-order valence-electron chi connectivity index (χ3n) is 2.26. The molecule has 0 aliphatic heterocycles. The van der Waals surface area contributed by atoms with E-state index in [-0.39, 0.29) is 10.6 Å². The number of halogens is 2. The predicted molar refractivity (Wildman–Crippen MR) is 69.7 cm³/mol. The van der Waals surface area contributed by atoms with Gasteiger partial charge in [0.15, 0.2) is 5.03 Å². The maximum Gasteiger partial charge on any atom is 0.257 e. The van der Waals surface area contributed by atoms with E-state index >= 15 is 0 Å². The number of primary sulfonamides is 1. The van der Waals surface area contributed by atoms with Crippen molar-refractivity contribution in [3.8, 4) is 11.8 Å². The molecule has 0 bridgehead atoms. The second-order valence-corrected chi connectivity index (χ2v) is 5.82. The van der Waals surface area contributed by atoms with Crippen LogP contribution >= 0.6 is 23.2 Å². The van der Waals surface area contributed by atoms with Gasteiger partial charge in [-0.15, -0.1) is 0 Å². The lowest BCUT2D eigenvalue weighted by Crippen LogP contribution is -2.18. The SMILES string of the molecule is N#Cc1cnn(-c2ccc(Cl)c(Cl)c2)c1S(N)(=O)=O. The zero-order valence-electron chi connectivity index (χ0n) is 9.21. The maximum absolute atomic E-state index is 11.5. The van der Waals surface area contributed by atoms with Crippen LogP contribution in [-0.2, 0) is 10.0 Å². The largest absolute Gasteiger partial charge is 0.257 e. The van der Waals surface area contributed by atoms with Crippen molar-refractivity contribution in [2.75, 3.05) is 0 Å². The number of sulfonamides is 1. The minimum Gasteiger partial charge on any atom is -0.223 e. The normalized spacial score (nSPS) is 11.3. The molecule has 0 amide bonds. The van der Waals surface area contributed by atoms with Crippen LogP contribution in [0.2, 0.25) is 10.0 Å². The van der Waals surface area contributed by atoms with Crippen molar-refractivity contribution < 1.29 is 8.42 Å². The Balaban J connectivity index is 2.74. The average Bonchev–Trinajstić information content (AvgIpc) is 2.76. The molecule has 0 aliphatic carbocycles. The van der Waals surface area contributed by atoms with E-state index in [1.165, 1.54) is 18.2 Å². The minimum absolute atomic E-state index is 0.145. The van der Waals surface area contributed by atoms with E-state index in [4.69, 9.17) is 33.6 Å². The van der Waals surface area contributed by atoms with E-state index in [2.05, 4.69) is 5.10 Å². The van der Waals surface area contributed by atoms with Crippen molar-refractivity contribution >= 4 is 33.2 Å². The molecule has 9 heteroatoms. The number of benzene rings is 1. The minimum atomic E-state index is -4.10. The number of nitrogens with two attached hydrogens (primary N) is 1. The molecule has 0 aliphatic rings. The molecular weight excluding hydrogens is 311 g/mol. The highest BCUT2D eigenvalue weighted by Gasteiger charge is 2.22. The van der Waals surface area contributed by atoms with Crippen LogP contribution in [0.3, 0.4) is 0 Å². The van der Waals surface area contributed by atoms with Crippen LogP contribution in [0, 0.1) is 11.3 Å². The van der Waals surface area contributed by atoms with E-state index in [0.29, 0.717) is 10.7 Å². The van der Waals surface area contributed by atoms with Gasteiger partial charge in [0, 0.05) is 0 Å². The van der Waals surface area contributed by atoms with E-state index in [0.717, 1.165) is 10.9 Å². The Bertz CT molecular complexity index is 792. The standard InChI is InChI=1S/C10H6Cl2N4O2S/c11-8-2-1-7(3-9(8)12)16-10(19(14,17)18)6(4-13)5-15-16/h1-3,5H,(H2,14,17,18). The lowest BCUT2D eigenvalue weighted by atomic mass is 10.3. The van der Waals surface area contributed by atoms with Gasteiger partial charge >= 0.3 is 0 Å². The number of nitriles is 1. The number of aromatic nitrogens is 2. The van der Waals surface area contributed by atoms with Crippen molar-refractivity contribution in [2.24, 2.45) is 5.14 Å². The molecule has 6 nitrogen and oxygen atoms in total. The van der Waals surface area contributed by atoms with Crippen LogP contribution in [0.4, 0.5) is 0 Å². The predicted octanol–water partition coefficient (Wildman–Crippen LogP) is 1.70. The number of hydrogen-bond donors (Lipinski definition) is 1. The average molecular weight is 317 g/mol. The quantitative estimate of drug-likeness (QED) is 0.910. The van der Waals surface area contributed by atoms with Crippen molar-refractivity contribution in [2.45, 2.75) is 5.03 Å². The Morgan fingerprint density at radius 2 is 2.00 bits per heavy atom. The molecule has 98 valence electrons. The van der Waals surface area contributed by atoms with Crippen molar-refractivity contribution in [3.05, 3.63) is 40.0 Å². The van der Waals surface area contributed by atoms with Crippen LogP contribution in [0.15, 0.2) is 29.4 Å². The Morgan fingerprint density at radius 3 is 2.53 bits per heavy atom. The summed E-state index contributed by atoms with van der Waals surface area (Å²) in [6, 6.07) is 6.14. The molecule has 0 radical (unpaired) electrons. The summed E-state index contributed by atoms with van der Waals surface area (Å²) in [5.74, 6) is 0. The lowest BCUT2D eigenvalue weighted by Gasteiger charge is -2.07. The maximum atomic E-state index is 11.5. The van der Waals surface area contributed by atoms with Gasteiger partial charge in [-0.2, -0.15) is 10.4 Å². The third-order valence-corrected chi connectivity index (χ3v) is 3.93. The van der Waals surface area contributed by atoms with Gasteiger partial charge in [0.05, 0.1) is 21.9 Å². The molecule has 2 N–H and O–H groups in total. The molecule has 2 aromatic rings. The second-order valence-electron chi connectivity index (χ2n) is 3.53. The first-order chi connectivity index (χ1) is 8.84. The molecule has 0 unspecified atom stereocenters. The number of rotatable bonds is 2. The molecule has 1 aromatic heterocycles. The molecule has 2 rings (SSSR count). The zero-order valence-corrected chi connectivity index (χ0v) is 11.5. The summed E-state index contributed by atoms with van der Waals surface area (Å²) in [5.41, 5.74) is 0.188. The second kappa shape index (κ2) is 4.83. The molecule has 19 heavy (non-hydrogen) atoms. The molecule has 1 heterocycles. The Kier molecular flexibility index (Phi) is 3.52. The third kappa shape index (κ3) is 2.57. The number of nitrogens with zero attached hydrogens (tertiary/aromatic N) is 3. The Labute approximate surface area is 119 Å². The van der Waals surface area contributed by atoms with E-state index in [9.17, 15) is 8.42 Å². The van der Waals surface area contributed by atoms with Crippen molar-refractivity contribution in [3.63, 3.8) is 0 Å². The highest BCUT2D eigenvalue weighted by Crippen LogP contribution is 2.26. The van der Waals surface area contributed by atoms with Gasteiger partial charge in [-0.25, -0.2) is 18.2 Å². The van der Waals surface area contributed by atoms with Crippen LogP contribution in [-0.4, -0.2) is 18.2 Å².